The normalized spacial score (nSPS) is 24.5. The minimum absolute atomic E-state index is 0.0126. The number of anilines is 2. The number of carbonyl (C=O) groups is 1. The van der Waals surface area contributed by atoms with E-state index < -0.39 is 6.10 Å². The summed E-state index contributed by atoms with van der Waals surface area (Å²) >= 11 is 0. The van der Waals surface area contributed by atoms with E-state index >= 15 is 0 Å². The first kappa shape index (κ1) is 16.1. The van der Waals surface area contributed by atoms with Crippen LogP contribution in [0.2, 0.25) is 0 Å². The first-order valence-electron chi connectivity index (χ1n) is 8.54. The lowest BCUT2D eigenvalue weighted by Gasteiger charge is -2.36. The molecule has 0 spiro atoms. The lowest BCUT2D eigenvalue weighted by atomic mass is 10.0. The fourth-order valence-electron chi connectivity index (χ4n) is 3.27. The van der Waals surface area contributed by atoms with Gasteiger partial charge in [0.25, 0.3) is 5.91 Å². The van der Waals surface area contributed by atoms with Crippen LogP contribution in [0.5, 0.6) is 5.75 Å². The van der Waals surface area contributed by atoms with E-state index in [0.717, 1.165) is 13.0 Å². The molecule has 1 aromatic rings. The van der Waals surface area contributed by atoms with Gasteiger partial charge in [-0.2, -0.15) is 0 Å². The van der Waals surface area contributed by atoms with E-state index in [-0.39, 0.29) is 11.8 Å². The van der Waals surface area contributed by atoms with Crippen molar-refractivity contribution in [3.05, 3.63) is 12.1 Å². The predicted octanol–water partition coefficient (Wildman–Crippen LogP) is 1.95. The number of piperidine rings is 1. The Morgan fingerprint density at radius 3 is 2.96 bits per heavy atom. The van der Waals surface area contributed by atoms with Crippen molar-refractivity contribution in [3.8, 4) is 5.75 Å². The largest absolute Gasteiger partial charge is 0.476 e. The average Bonchev–Trinajstić information content (AvgIpc) is 2.54. The van der Waals surface area contributed by atoms with Gasteiger partial charge >= 0.3 is 0 Å². The summed E-state index contributed by atoms with van der Waals surface area (Å²) in [5.74, 6) is 1.71. The van der Waals surface area contributed by atoms with E-state index in [0.29, 0.717) is 30.0 Å². The molecular weight excluding hydrogens is 292 g/mol. The van der Waals surface area contributed by atoms with Crippen molar-refractivity contribution >= 4 is 17.5 Å². The molecule has 2 aliphatic heterocycles. The smallest absolute Gasteiger partial charge is 0.269 e. The standard InChI is InChI=1S/C17H26N4O2/c1-11(2)15-17(22)21(10-8-12-5-3-4-9-19-12)16-13(23-15)6-7-14(18)20-16/h6-7,11-12,15,19H,3-5,8-10H2,1-2H3,(H2,18,20). The summed E-state index contributed by atoms with van der Waals surface area (Å²) in [6, 6.07) is 4.00. The van der Waals surface area contributed by atoms with Crippen molar-refractivity contribution in [2.45, 2.75) is 51.7 Å². The minimum Gasteiger partial charge on any atom is -0.476 e. The summed E-state index contributed by atoms with van der Waals surface area (Å²) in [7, 11) is 0. The number of aromatic nitrogens is 1. The third-order valence-corrected chi connectivity index (χ3v) is 4.60. The lowest BCUT2D eigenvalue weighted by molar-refractivity contribution is -0.128. The summed E-state index contributed by atoms with van der Waals surface area (Å²) in [6.07, 6.45) is 4.14. The quantitative estimate of drug-likeness (QED) is 0.887. The van der Waals surface area contributed by atoms with Gasteiger partial charge in [0, 0.05) is 12.6 Å². The molecule has 3 N–H and O–H groups in total. The number of amides is 1. The summed E-state index contributed by atoms with van der Waals surface area (Å²) < 4.78 is 5.86. The second-order valence-corrected chi connectivity index (χ2v) is 6.77. The highest BCUT2D eigenvalue weighted by Crippen LogP contribution is 2.35. The number of nitrogens with zero attached hydrogens (tertiary/aromatic N) is 2. The average molecular weight is 318 g/mol. The molecule has 0 radical (unpaired) electrons. The van der Waals surface area contributed by atoms with Crippen LogP contribution in [0.1, 0.15) is 39.5 Å². The monoisotopic (exact) mass is 318 g/mol. The van der Waals surface area contributed by atoms with Crippen LogP contribution in [0.3, 0.4) is 0 Å². The molecule has 1 aromatic heterocycles. The number of nitrogens with one attached hydrogen (secondary N) is 1. The zero-order valence-corrected chi connectivity index (χ0v) is 13.9. The van der Waals surface area contributed by atoms with Crippen molar-refractivity contribution in [3.63, 3.8) is 0 Å². The molecule has 126 valence electrons. The van der Waals surface area contributed by atoms with Crippen molar-refractivity contribution < 1.29 is 9.53 Å². The van der Waals surface area contributed by atoms with Crippen LogP contribution in [0.15, 0.2) is 12.1 Å². The molecule has 1 fully saturated rings. The van der Waals surface area contributed by atoms with E-state index in [1.165, 1.54) is 19.3 Å². The van der Waals surface area contributed by atoms with Crippen molar-refractivity contribution in [2.75, 3.05) is 23.7 Å². The van der Waals surface area contributed by atoms with Gasteiger partial charge in [-0.25, -0.2) is 4.98 Å². The summed E-state index contributed by atoms with van der Waals surface area (Å²) in [5.41, 5.74) is 5.81. The van der Waals surface area contributed by atoms with E-state index in [1.807, 2.05) is 19.9 Å². The second kappa shape index (κ2) is 6.74. The van der Waals surface area contributed by atoms with Crippen LogP contribution < -0.4 is 20.7 Å². The number of nitrogens with two attached hydrogens (primary N) is 1. The zero-order chi connectivity index (χ0) is 16.4. The predicted molar refractivity (Wildman–Crippen MR) is 90.5 cm³/mol. The molecule has 1 saturated heterocycles. The number of hydrogen-bond donors (Lipinski definition) is 2. The van der Waals surface area contributed by atoms with Crippen LogP contribution in [0.25, 0.3) is 0 Å². The number of hydrogen-bond acceptors (Lipinski definition) is 5. The van der Waals surface area contributed by atoms with Crippen molar-refractivity contribution in [1.82, 2.24) is 10.3 Å². The Morgan fingerprint density at radius 1 is 1.43 bits per heavy atom. The molecule has 0 aliphatic carbocycles. The Kier molecular flexibility index (Phi) is 4.71. The summed E-state index contributed by atoms with van der Waals surface area (Å²) in [6.45, 7) is 5.71. The topological polar surface area (TPSA) is 80.5 Å². The van der Waals surface area contributed by atoms with E-state index in [4.69, 9.17) is 10.5 Å². The molecule has 0 bridgehead atoms. The Balaban J connectivity index is 1.80. The highest BCUT2D eigenvalue weighted by atomic mass is 16.5. The third-order valence-electron chi connectivity index (χ3n) is 4.60. The van der Waals surface area contributed by atoms with E-state index in [9.17, 15) is 4.79 Å². The third kappa shape index (κ3) is 3.42. The maximum Gasteiger partial charge on any atom is 0.269 e. The molecule has 1 amide bonds. The molecule has 23 heavy (non-hydrogen) atoms. The lowest BCUT2D eigenvalue weighted by Crippen LogP contribution is -2.50. The zero-order valence-electron chi connectivity index (χ0n) is 13.9. The Bertz CT molecular complexity index is 570. The highest BCUT2D eigenvalue weighted by Gasteiger charge is 2.37. The van der Waals surface area contributed by atoms with Gasteiger partial charge in [-0.15, -0.1) is 0 Å². The minimum atomic E-state index is -0.452. The highest BCUT2D eigenvalue weighted by molar-refractivity contribution is 5.99. The molecule has 3 rings (SSSR count). The molecule has 3 heterocycles. The molecule has 0 saturated carbocycles. The molecule has 0 aromatic carbocycles. The van der Waals surface area contributed by atoms with Gasteiger partial charge in [-0.05, 0) is 43.9 Å². The molecule has 2 unspecified atom stereocenters. The Hall–Kier alpha value is -1.82. The van der Waals surface area contributed by atoms with Crippen LogP contribution in [0.4, 0.5) is 11.6 Å². The number of fused-ring (bicyclic) bond motifs is 1. The van der Waals surface area contributed by atoms with E-state index in [1.54, 1.807) is 11.0 Å². The number of carbonyl (C=O) groups excluding carboxylic acids is 1. The number of rotatable bonds is 4. The van der Waals surface area contributed by atoms with Gasteiger partial charge in [0.1, 0.15) is 5.82 Å². The fourth-order valence-corrected chi connectivity index (χ4v) is 3.27. The van der Waals surface area contributed by atoms with Gasteiger partial charge in [0.05, 0.1) is 0 Å². The van der Waals surface area contributed by atoms with Crippen LogP contribution in [0, 0.1) is 5.92 Å². The molecule has 2 atom stereocenters. The summed E-state index contributed by atoms with van der Waals surface area (Å²) in [5, 5.41) is 3.53. The Labute approximate surface area is 137 Å². The van der Waals surface area contributed by atoms with E-state index in [2.05, 4.69) is 10.3 Å². The maximum atomic E-state index is 12.8. The van der Waals surface area contributed by atoms with Gasteiger partial charge in [-0.3, -0.25) is 9.69 Å². The van der Waals surface area contributed by atoms with Gasteiger partial charge in [0.15, 0.2) is 17.7 Å². The van der Waals surface area contributed by atoms with Crippen LogP contribution in [-0.2, 0) is 4.79 Å². The second-order valence-electron chi connectivity index (χ2n) is 6.77. The number of nitrogen functional groups attached to an aromatic ring is 1. The molecular formula is C17H26N4O2. The number of pyridine rings is 1. The van der Waals surface area contributed by atoms with Gasteiger partial charge < -0.3 is 15.8 Å². The maximum absolute atomic E-state index is 12.8. The van der Waals surface area contributed by atoms with Crippen molar-refractivity contribution in [2.24, 2.45) is 5.92 Å². The first-order chi connectivity index (χ1) is 11.1. The van der Waals surface area contributed by atoms with Crippen LogP contribution >= 0.6 is 0 Å². The SMILES string of the molecule is CC(C)C1Oc2ccc(N)nc2N(CCC2CCCCN2)C1=O. The molecule has 2 aliphatic rings. The Morgan fingerprint density at radius 2 is 2.26 bits per heavy atom. The van der Waals surface area contributed by atoms with Crippen LogP contribution in [-0.4, -0.2) is 36.1 Å². The summed E-state index contributed by atoms with van der Waals surface area (Å²) in [4.78, 5) is 18.9. The van der Waals surface area contributed by atoms with Gasteiger partial charge in [0.2, 0.25) is 0 Å². The fraction of sp³-hybridized carbons (Fsp3) is 0.647. The van der Waals surface area contributed by atoms with Gasteiger partial charge in [-0.1, -0.05) is 20.3 Å². The molecule has 6 nitrogen and oxygen atoms in total. The number of ether oxygens (including phenoxy) is 1. The molecule has 6 heteroatoms. The first-order valence-corrected chi connectivity index (χ1v) is 8.54. The van der Waals surface area contributed by atoms with Crippen molar-refractivity contribution in [1.29, 1.82) is 0 Å².